The minimum Gasteiger partial charge on any atom is -0.748 e. The lowest BCUT2D eigenvalue weighted by molar-refractivity contribution is 0.452. The molecule has 0 radical (unpaired) electrons. The molecule has 14 heteroatoms. The summed E-state index contributed by atoms with van der Waals surface area (Å²) in [6.07, 6.45) is 1.91. The summed E-state index contributed by atoms with van der Waals surface area (Å²) in [5.74, 6) is -0.914. The van der Waals surface area contributed by atoms with Crippen LogP contribution in [0, 0.1) is 27.7 Å². The van der Waals surface area contributed by atoms with Gasteiger partial charge in [0.1, 0.15) is 0 Å². The largest absolute Gasteiger partial charge is 0.748 e. The van der Waals surface area contributed by atoms with Crippen molar-refractivity contribution in [3.8, 4) is 0 Å². The molecule has 0 aliphatic heterocycles. The van der Waals surface area contributed by atoms with E-state index in [1.807, 2.05) is 27.7 Å². The van der Waals surface area contributed by atoms with E-state index in [2.05, 4.69) is 9.97 Å². The van der Waals surface area contributed by atoms with Gasteiger partial charge in [0.2, 0.25) is 0 Å². The maximum Gasteiger partial charge on any atom is 0.0955 e. The van der Waals surface area contributed by atoms with E-state index in [0.717, 1.165) is 34.2 Å². The molecule has 0 N–H and O–H groups in total. The normalized spacial score (nSPS) is 11.3. The number of rotatable bonds is 7. The number of thiazole rings is 2. The number of nitrogens with zero attached hydrogens (tertiary/aromatic N) is 2. The predicted octanol–water partition coefficient (Wildman–Crippen LogP) is 3.16. The van der Waals surface area contributed by atoms with Crippen molar-refractivity contribution in [2.75, 3.05) is 23.3 Å². The molecule has 0 amide bonds. The number of halogens is 2. The Labute approximate surface area is 196 Å². The van der Waals surface area contributed by atoms with Crippen molar-refractivity contribution in [1.29, 1.82) is 0 Å². The van der Waals surface area contributed by atoms with Crippen molar-refractivity contribution < 1.29 is 25.9 Å². The fraction of sp³-hybridized carbons (Fsp3) is 0.625. The highest BCUT2D eigenvalue weighted by Crippen LogP contribution is 2.18. The van der Waals surface area contributed by atoms with Gasteiger partial charge in [0.25, 0.3) is 0 Å². The number of aryl methyl sites for hydroxylation is 6. The lowest BCUT2D eigenvalue weighted by Crippen LogP contribution is -2.15. The third-order valence-electron chi connectivity index (χ3n) is 3.23. The maximum atomic E-state index is 9.72. The smallest absolute Gasteiger partial charge is 0.0955 e. The Morgan fingerprint density at radius 2 is 1.03 bits per heavy atom. The molecule has 0 bridgehead atoms. The summed E-state index contributed by atoms with van der Waals surface area (Å²) in [6, 6.07) is 0. The van der Waals surface area contributed by atoms with Gasteiger partial charge in [-0.2, -0.15) is 0 Å². The van der Waals surface area contributed by atoms with Crippen LogP contribution < -0.4 is 0 Å². The molecule has 0 fully saturated rings. The molecule has 0 atom stereocenters. The number of aromatic nitrogens is 2. The van der Waals surface area contributed by atoms with Crippen molar-refractivity contribution >= 4 is 66.1 Å². The summed E-state index contributed by atoms with van der Waals surface area (Å²) in [4.78, 5) is 11.2. The van der Waals surface area contributed by atoms with Crippen LogP contribution in [0.5, 0.6) is 0 Å². The van der Waals surface area contributed by atoms with Gasteiger partial charge in [-0.25, -0.2) is 26.8 Å². The lowest BCUT2D eigenvalue weighted by atomic mass is 10.3. The standard InChI is InChI=1S/2C7H10ClNS.C2H6O6S2/c2*1-5-7(3-4-8)10-6(2)9-5;3-9(4,5)1-2-10(6,7)8/h2*3-4H2,1-2H3;1-2H2,(H,3,4,5)(H,6,7,8)/p-2. The van der Waals surface area contributed by atoms with Crippen LogP contribution >= 0.6 is 45.9 Å². The van der Waals surface area contributed by atoms with Crippen LogP contribution in [-0.2, 0) is 33.1 Å². The first-order valence-electron chi connectivity index (χ1n) is 8.53. The predicted molar refractivity (Wildman–Crippen MR) is 121 cm³/mol. The van der Waals surface area contributed by atoms with Gasteiger partial charge in [-0.1, -0.05) is 0 Å². The lowest BCUT2D eigenvalue weighted by Gasteiger charge is -2.08. The van der Waals surface area contributed by atoms with Gasteiger partial charge in [-0.05, 0) is 40.5 Å². The van der Waals surface area contributed by atoms with Crippen LogP contribution in [0.15, 0.2) is 0 Å². The average molecular weight is 540 g/mol. The van der Waals surface area contributed by atoms with Crippen LogP contribution in [0.4, 0.5) is 0 Å². The first-order chi connectivity index (χ1) is 13.7. The second kappa shape index (κ2) is 13.9. The van der Waals surface area contributed by atoms with Gasteiger partial charge in [0, 0.05) is 21.5 Å². The average Bonchev–Trinajstić information content (AvgIpc) is 3.07. The molecule has 0 aliphatic rings. The monoisotopic (exact) mass is 538 g/mol. The minimum atomic E-state index is -4.59. The zero-order valence-corrected chi connectivity index (χ0v) is 21.8. The Morgan fingerprint density at radius 3 is 1.20 bits per heavy atom. The second-order valence-corrected chi connectivity index (χ2v) is 12.3. The topological polar surface area (TPSA) is 140 Å². The quantitative estimate of drug-likeness (QED) is 0.386. The van der Waals surface area contributed by atoms with E-state index in [-0.39, 0.29) is 0 Å². The summed E-state index contributed by atoms with van der Waals surface area (Å²) < 4.78 is 58.3. The molecule has 0 saturated carbocycles. The maximum absolute atomic E-state index is 9.72. The van der Waals surface area contributed by atoms with Gasteiger partial charge in [-0.15, -0.1) is 45.9 Å². The van der Waals surface area contributed by atoms with Crippen LogP contribution in [0.2, 0.25) is 0 Å². The Bertz CT molecular complexity index is 907. The molecule has 0 spiro atoms. The summed E-state index contributed by atoms with van der Waals surface area (Å²) in [5.41, 5.74) is 2.28. The summed E-state index contributed by atoms with van der Waals surface area (Å²) >= 11 is 14.7. The molecule has 2 rings (SSSR count). The Morgan fingerprint density at radius 1 is 0.733 bits per heavy atom. The van der Waals surface area contributed by atoms with E-state index in [0.29, 0.717) is 11.8 Å². The van der Waals surface area contributed by atoms with Crippen molar-refractivity contribution in [3.05, 3.63) is 31.2 Å². The van der Waals surface area contributed by atoms with E-state index >= 15 is 0 Å². The van der Waals surface area contributed by atoms with Crippen molar-refractivity contribution in [1.82, 2.24) is 9.97 Å². The molecule has 8 nitrogen and oxygen atoms in total. The summed E-state index contributed by atoms with van der Waals surface area (Å²) in [5, 5.41) is 2.27. The highest BCUT2D eigenvalue weighted by Gasteiger charge is 2.03. The van der Waals surface area contributed by atoms with Crippen LogP contribution in [0.3, 0.4) is 0 Å². The molecule has 30 heavy (non-hydrogen) atoms. The fourth-order valence-electron chi connectivity index (χ4n) is 1.99. The van der Waals surface area contributed by atoms with Gasteiger partial charge in [-0.3, -0.25) is 0 Å². The Hall–Kier alpha value is -0.340. The Balaban J connectivity index is 0.000000420. The van der Waals surface area contributed by atoms with E-state index in [1.54, 1.807) is 22.7 Å². The number of hydrogen-bond acceptors (Lipinski definition) is 10. The highest BCUT2D eigenvalue weighted by molar-refractivity contribution is 7.89. The molecular weight excluding hydrogens is 515 g/mol. The minimum absolute atomic E-state index is 0.697. The number of hydrogen-bond donors (Lipinski definition) is 0. The molecule has 2 aromatic heterocycles. The van der Waals surface area contributed by atoms with Gasteiger partial charge >= 0.3 is 0 Å². The first kappa shape index (κ1) is 29.7. The molecule has 2 aromatic rings. The summed E-state index contributed by atoms with van der Waals surface area (Å²) in [7, 11) is -9.17. The van der Waals surface area contributed by atoms with Gasteiger partial charge in [0.05, 0.1) is 53.1 Å². The van der Waals surface area contributed by atoms with Gasteiger partial charge in [0.15, 0.2) is 0 Å². The second-order valence-electron chi connectivity index (χ2n) is 5.88. The van der Waals surface area contributed by atoms with Crippen LogP contribution in [0.25, 0.3) is 0 Å². The fourth-order valence-corrected chi connectivity index (χ4v) is 6.09. The molecule has 0 aromatic carbocycles. The third-order valence-corrected chi connectivity index (χ3v) is 7.54. The van der Waals surface area contributed by atoms with E-state index in [4.69, 9.17) is 23.2 Å². The van der Waals surface area contributed by atoms with E-state index < -0.39 is 31.7 Å². The van der Waals surface area contributed by atoms with E-state index in [1.165, 1.54) is 9.75 Å². The molecule has 0 unspecified atom stereocenters. The first-order valence-corrected chi connectivity index (χ1v) is 14.4. The molecule has 2 heterocycles. The third kappa shape index (κ3) is 14.6. The van der Waals surface area contributed by atoms with Crippen LogP contribution in [-0.4, -0.2) is 59.2 Å². The van der Waals surface area contributed by atoms with Gasteiger partial charge < -0.3 is 9.11 Å². The summed E-state index contributed by atoms with van der Waals surface area (Å²) in [6.45, 7) is 8.11. The van der Waals surface area contributed by atoms with Crippen LogP contribution in [0.1, 0.15) is 31.2 Å². The van der Waals surface area contributed by atoms with Crippen molar-refractivity contribution in [2.45, 2.75) is 40.5 Å². The Kier molecular flexibility index (Phi) is 13.8. The molecule has 174 valence electrons. The van der Waals surface area contributed by atoms with E-state index in [9.17, 15) is 25.9 Å². The van der Waals surface area contributed by atoms with Crippen molar-refractivity contribution in [2.24, 2.45) is 0 Å². The zero-order valence-electron chi connectivity index (χ0n) is 17.0. The number of alkyl halides is 2. The zero-order chi connectivity index (χ0) is 23.5. The van der Waals surface area contributed by atoms with Crippen molar-refractivity contribution in [3.63, 3.8) is 0 Å². The molecule has 0 saturated heterocycles. The molecule has 0 aliphatic carbocycles. The highest BCUT2D eigenvalue weighted by atomic mass is 35.5. The molecular formula is C16H24Cl2N2O6S4-2. The SMILES string of the molecule is Cc1nc(C)c(CCCl)s1.Cc1nc(C)c(CCCl)s1.O=S(=O)([O-])CCS(=O)(=O)[O-].